The van der Waals surface area contributed by atoms with Crippen LogP contribution < -0.4 is 14.4 Å². The van der Waals surface area contributed by atoms with Crippen LogP contribution in [0.1, 0.15) is 28.3 Å². The Labute approximate surface area is 203 Å². The number of rotatable bonds is 8. The van der Waals surface area contributed by atoms with Crippen LogP contribution in [0.5, 0.6) is 11.5 Å². The van der Waals surface area contributed by atoms with Crippen molar-refractivity contribution in [2.24, 2.45) is 0 Å². The molecule has 4 rings (SSSR count). The van der Waals surface area contributed by atoms with Gasteiger partial charge in [-0.3, -0.25) is 14.6 Å². The van der Waals surface area contributed by atoms with E-state index in [4.69, 9.17) is 23.6 Å². The van der Waals surface area contributed by atoms with Crippen LogP contribution in [0.15, 0.2) is 22.6 Å². The van der Waals surface area contributed by atoms with Gasteiger partial charge in [-0.15, -0.1) is 12.4 Å². The first-order valence-corrected chi connectivity index (χ1v) is 11.5. The largest absolute Gasteiger partial charge is 0.495 e. The van der Waals surface area contributed by atoms with E-state index < -0.39 is 0 Å². The van der Waals surface area contributed by atoms with Gasteiger partial charge >= 0.3 is 0 Å². The fourth-order valence-electron chi connectivity index (χ4n) is 3.94. The predicted molar refractivity (Wildman–Crippen MR) is 132 cm³/mol. The van der Waals surface area contributed by atoms with Crippen molar-refractivity contribution in [3.8, 4) is 11.5 Å². The SMILES string of the molecule is COc1ccc(OC)c2sc(N(CCCN3CCOCC3)C(=O)c3cc(C)oc3C)nc12.Cl. The number of fused-ring (bicyclic) bond motifs is 1. The Kier molecular flexibility index (Phi) is 8.58. The Morgan fingerprint density at radius 2 is 1.88 bits per heavy atom. The highest BCUT2D eigenvalue weighted by molar-refractivity contribution is 7.22. The number of amides is 1. The summed E-state index contributed by atoms with van der Waals surface area (Å²) in [6.45, 7) is 8.46. The summed E-state index contributed by atoms with van der Waals surface area (Å²) >= 11 is 1.43. The van der Waals surface area contributed by atoms with E-state index in [-0.39, 0.29) is 18.3 Å². The predicted octanol–water partition coefficient (Wildman–Crippen LogP) is 4.31. The molecule has 0 N–H and O–H groups in total. The molecule has 1 aliphatic rings. The van der Waals surface area contributed by atoms with E-state index in [1.54, 1.807) is 25.2 Å². The second-order valence-electron chi connectivity index (χ2n) is 7.74. The van der Waals surface area contributed by atoms with Crippen LogP contribution in [-0.4, -0.2) is 69.4 Å². The van der Waals surface area contributed by atoms with Crippen molar-refractivity contribution in [3.63, 3.8) is 0 Å². The number of carbonyl (C=O) groups excluding carboxylic acids is 1. The van der Waals surface area contributed by atoms with E-state index in [2.05, 4.69) is 4.90 Å². The summed E-state index contributed by atoms with van der Waals surface area (Å²) in [7, 11) is 3.24. The molecule has 0 saturated carbocycles. The number of morpholine rings is 1. The fraction of sp³-hybridized carbons (Fsp3) is 0.478. The number of carbonyl (C=O) groups is 1. The lowest BCUT2D eigenvalue weighted by atomic mass is 10.2. The maximum atomic E-state index is 13.6. The van der Waals surface area contributed by atoms with E-state index in [0.29, 0.717) is 45.8 Å². The molecule has 2 aromatic heterocycles. The Morgan fingerprint density at radius 3 is 2.52 bits per heavy atom. The summed E-state index contributed by atoms with van der Waals surface area (Å²) < 4.78 is 22.9. The lowest BCUT2D eigenvalue weighted by molar-refractivity contribution is 0.0376. The highest BCUT2D eigenvalue weighted by atomic mass is 35.5. The van der Waals surface area contributed by atoms with Crippen molar-refractivity contribution >= 4 is 45.0 Å². The van der Waals surface area contributed by atoms with Gasteiger partial charge in [-0.1, -0.05) is 11.3 Å². The Balaban J connectivity index is 0.00000306. The summed E-state index contributed by atoms with van der Waals surface area (Å²) in [6, 6.07) is 5.48. The van der Waals surface area contributed by atoms with Gasteiger partial charge in [-0.2, -0.15) is 0 Å². The maximum absolute atomic E-state index is 13.6. The number of aromatic nitrogens is 1. The van der Waals surface area contributed by atoms with E-state index >= 15 is 0 Å². The normalized spacial score (nSPS) is 14.2. The third-order valence-corrected chi connectivity index (χ3v) is 6.70. The number of methoxy groups -OCH3 is 2. The molecule has 1 aromatic carbocycles. The molecule has 0 atom stereocenters. The van der Waals surface area contributed by atoms with Gasteiger partial charge in [0.25, 0.3) is 5.91 Å². The number of nitrogens with zero attached hydrogens (tertiary/aromatic N) is 3. The van der Waals surface area contributed by atoms with Crippen molar-refractivity contribution in [3.05, 3.63) is 35.3 Å². The lowest BCUT2D eigenvalue weighted by Crippen LogP contribution is -2.39. The summed E-state index contributed by atoms with van der Waals surface area (Å²) in [5.41, 5.74) is 1.25. The molecule has 1 amide bonds. The van der Waals surface area contributed by atoms with Gasteiger partial charge in [0.1, 0.15) is 33.2 Å². The molecule has 0 bridgehead atoms. The molecule has 3 aromatic rings. The smallest absolute Gasteiger partial charge is 0.263 e. The number of halogens is 1. The molecule has 0 spiro atoms. The third kappa shape index (κ3) is 5.43. The van der Waals surface area contributed by atoms with Crippen LogP contribution in [0.25, 0.3) is 10.2 Å². The monoisotopic (exact) mass is 495 g/mol. The van der Waals surface area contributed by atoms with E-state index in [9.17, 15) is 4.79 Å². The first-order chi connectivity index (χ1) is 15.5. The average molecular weight is 496 g/mol. The molecule has 33 heavy (non-hydrogen) atoms. The maximum Gasteiger partial charge on any atom is 0.263 e. The fourth-order valence-corrected chi connectivity index (χ4v) is 5.04. The second-order valence-corrected chi connectivity index (χ2v) is 8.71. The number of hydrogen-bond donors (Lipinski definition) is 0. The van der Waals surface area contributed by atoms with Gasteiger partial charge in [0.15, 0.2) is 5.13 Å². The second kappa shape index (κ2) is 11.2. The molecule has 3 heterocycles. The molecule has 8 nitrogen and oxygen atoms in total. The first-order valence-electron chi connectivity index (χ1n) is 10.7. The Hall–Kier alpha value is -2.33. The van der Waals surface area contributed by atoms with Crippen LogP contribution >= 0.6 is 23.7 Å². The van der Waals surface area contributed by atoms with E-state index in [1.807, 2.05) is 26.0 Å². The molecule has 0 unspecified atom stereocenters. The number of ether oxygens (including phenoxy) is 3. The zero-order valence-electron chi connectivity index (χ0n) is 19.4. The molecule has 180 valence electrons. The highest BCUT2D eigenvalue weighted by Crippen LogP contribution is 2.40. The van der Waals surface area contributed by atoms with Gasteiger partial charge in [-0.25, -0.2) is 4.98 Å². The molecule has 10 heteroatoms. The van der Waals surface area contributed by atoms with Crippen LogP contribution in [0.2, 0.25) is 0 Å². The number of thiazole rings is 1. The number of benzene rings is 1. The Bertz CT molecular complexity index is 1050. The summed E-state index contributed by atoms with van der Waals surface area (Å²) in [4.78, 5) is 22.5. The van der Waals surface area contributed by atoms with Crippen LogP contribution in [0.4, 0.5) is 5.13 Å². The number of aryl methyl sites for hydroxylation is 2. The van der Waals surface area contributed by atoms with Crippen molar-refractivity contribution in [2.75, 3.05) is 58.5 Å². The number of furan rings is 1. The summed E-state index contributed by atoms with van der Waals surface area (Å²) in [6.07, 6.45) is 0.825. The minimum Gasteiger partial charge on any atom is -0.495 e. The molecule has 1 fully saturated rings. The van der Waals surface area contributed by atoms with Crippen molar-refractivity contribution < 1.29 is 23.4 Å². The Morgan fingerprint density at radius 1 is 1.18 bits per heavy atom. The van der Waals surface area contributed by atoms with Gasteiger partial charge in [-0.05, 0) is 38.5 Å². The van der Waals surface area contributed by atoms with Gasteiger partial charge in [0.2, 0.25) is 0 Å². The molecule has 0 aliphatic carbocycles. The highest BCUT2D eigenvalue weighted by Gasteiger charge is 2.26. The average Bonchev–Trinajstić information content (AvgIpc) is 3.39. The quantitative estimate of drug-likeness (QED) is 0.460. The summed E-state index contributed by atoms with van der Waals surface area (Å²) in [5, 5.41) is 0.619. The van der Waals surface area contributed by atoms with Gasteiger partial charge in [0, 0.05) is 26.2 Å². The van der Waals surface area contributed by atoms with Gasteiger partial charge < -0.3 is 18.6 Å². The van der Waals surface area contributed by atoms with Crippen molar-refractivity contribution in [1.29, 1.82) is 0 Å². The molecular formula is C23H30ClN3O5S. The van der Waals surface area contributed by atoms with Crippen LogP contribution in [-0.2, 0) is 4.74 Å². The third-order valence-electron chi connectivity index (χ3n) is 5.61. The lowest BCUT2D eigenvalue weighted by Gasteiger charge is -2.27. The molecule has 1 saturated heterocycles. The first kappa shape index (κ1) is 25.3. The standard InChI is InChI=1S/C23H29N3O5S.ClH/c1-15-14-17(16(2)31-15)22(27)26(9-5-8-25-10-12-30-13-11-25)23-24-20-18(28-3)6-7-19(29-4)21(20)32-23;/h6-7,14H,5,8-13H2,1-4H3;1H. The topological polar surface area (TPSA) is 77.3 Å². The zero-order valence-corrected chi connectivity index (χ0v) is 21.0. The summed E-state index contributed by atoms with van der Waals surface area (Å²) in [5.74, 6) is 2.58. The molecular weight excluding hydrogens is 466 g/mol. The number of anilines is 1. The minimum absolute atomic E-state index is 0. The van der Waals surface area contributed by atoms with Crippen molar-refractivity contribution in [2.45, 2.75) is 20.3 Å². The molecule has 1 aliphatic heterocycles. The van der Waals surface area contributed by atoms with E-state index in [1.165, 1.54) is 11.3 Å². The minimum atomic E-state index is -0.113. The molecule has 0 radical (unpaired) electrons. The van der Waals surface area contributed by atoms with Crippen LogP contribution in [0.3, 0.4) is 0 Å². The van der Waals surface area contributed by atoms with Crippen LogP contribution in [0, 0.1) is 13.8 Å². The zero-order chi connectivity index (χ0) is 22.7. The van der Waals surface area contributed by atoms with Crippen molar-refractivity contribution in [1.82, 2.24) is 9.88 Å². The van der Waals surface area contributed by atoms with E-state index in [0.717, 1.165) is 44.0 Å². The van der Waals surface area contributed by atoms with Gasteiger partial charge in [0.05, 0.1) is 33.0 Å². The number of hydrogen-bond acceptors (Lipinski definition) is 8.